The van der Waals surface area contributed by atoms with Crippen molar-refractivity contribution >= 4 is 33.6 Å². The number of sulfonamides is 1. The Hall–Kier alpha value is -2.71. The lowest BCUT2D eigenvalue weighted by Crippen LogP contribution is -2.28. The second kappa shape index (κ2) is 7.27. The second-order valence-corrected chi connectivity index (χ2v) is 7.30. The average molecular weight is 396 g/mol. The second-order valence-electron chi connectivity index (χ2n) is 5.22. The van der Waals surface area contributed by atoms with E-state index in [1.54, 1.807) is 12.1 Å². The monoisotopic (exact) mass is 395 g/mol. The lowest BCUT2D eigenvalue weighted by molar-refractivity contribution is -0.114. The summed E-state index contributed by atoms with van der Waals surface area (Å²) in [6.07, 6.45) is 2.52. The van der Waals surface area contributed by atoms with E-state index in [2.05, 4.69) is 0 Å². The van der Waals surface area contributed by atoms with Crippen LogP contribution >= 0.6 is 11.6 Å². The van der Waals surface area contributed by atoms with Gasteiger partial charge in [0.2, 0.25) is 6.79 Å². The zero-order valence-corrected chi connectivity index (χ0v) is 15.1. The molecule has 0 aromatic heterocycles. The Morgan fingerprint density at radius 2 is 1.96 bits per heavy atom. The molecule has 1 amide bonds. The van der Waals surface area contributed by atoms with E-state index in [1.807, 2.05) is 4.72 Å². The maximum absolute atomic E-state index is 12.2. The highest BCUT2D eigenvalue weighted by Crippen LogP contribution is 2.40. The van der Waals surface area contributed by atoms with Crippen LogP contribution < -0.4 is 18.9 Å². The molecule has 9 heteroatoms. The Morgan fingerprint density at radius 3 is 2.65 bits per heavy atom. The lowest BCUT2D eigenvalue weighted by Gasteiger charge is -2.06. The van der Waals surface area contributed by atoms with Crippen LogP contribution in [0.25, 0.3) is 6.08 Å². The number of halogens is 1. The van der Waals surface area contributed by atoms with Crippen molar-refractivity contribution in [3.8, 4) is 17.2 Å². The minimum atomic E-state index is -3.98. The van der Waals surface area contributed by atoms with Crippen molar-refractivity contribution in [3.05, 3.63) is 53.1 Å². The topological polar surface area (TPSA) is 90.9 Å². The summed E-state index contributed by atoms with van der Waals surface area (Å²) < 4.78 is 41.8. The fourth-order valence-corrected chi connectivity index (χ4v) is 3.45. The molecule has 0 spiro atoms. The molecule has 136 valence electrons. The van der Waals surface area contributed by atoms with E-state index in [-0.39, 0.29) is 11.7 Å². The molecule has 0 atom stereocenters. The van der Waals surface area contributed by atoms with Gasteiger partial charge in [-0.1, -0.05) is 11.6 Å². The summed E-state index contributed by atoms with van der Waals surface area (Å²) in [6, 6.07) is 8.88. The van der Waals surface area contributed by atoms with E-state index >= 15 is 0 Å². The van der Waals surface area contributed by atoms with Crippen LogP contribution in [0.15, 0.2) is 47.4 Å². The minimum Gasteiger partial charge on any atom is -0.497 e. The van der Waals surface area contributed by atoms with Crippen molar-refractivity contribution in [2.45, 2.75) is 4.90 Å². The van der Waals surface area contributed by atoms with Crippen LogP contribution in [0.1, 0.15) is 5.56 Å². The number of carbonyl (C=O) groups excluding carboxylic acids is 1. The summed E-state index contributed by atoms with van der Waals surface area (Å²) in [6.45, 7) is 0.0722. The molecule has 26 heavy (non-hydrogen) atoms. The summed E-state index contributed by atoms with van der Waals surface area (Å²) >= 11 is 6.06. The molecule has 0 bridgehead atoms. The van der Waals surface area contributed by atoms with Crippen LogP contribution in [0.3, 0.4) is 0 Å². The first-order valence-corrected chi connectivity index (χ1v) is 9.23. The average Bonchev–Trinajstić information content (AvgIpc) is 3.09. The molecule has 0 fully saturated rings. The number of ether oxygens (including phenoxy) is 3. The summed E-state index contributed by atoms with van der Waals surface area (Å²) in [5, 5.41) is 0.339. The third-order valence-corrected chi connectivity index (χ3v) is 5.12. The fourth-order valence-electron chi connectivity index (χ4n) is 2.24. The van der Waals surface area contributed by atoms with Crippen molar-refractivity contribution in [2.24, 2.45) is 0 Å². The van der Waals surface area contributed by atoms with Gasteiger partial charge in [0.25, 0.3) is 15.9 Å². The molecule has 0 saturated heterocycles. The maximum Gasteiger partial charge on any atom is 0.264 e. The zero-order valence-electron chi connectivity index (χ0n) is 13.6. The zero-order chi connectivity index (χ0) is 18.7. The number of fused-ring (bicyclic) bond motifs is 1. The van der Waals surface area contributed by atoms with Gasteiger partial charge in [-0.15, -0.1) is 0 Å². The lowest BCUT2D eigenvalue weighted by atomic mass is 10.2. The van der Waals surface area contributed by atoms with Gasteiger partial charge in [0, 0.05) is 6.08 Å². The molecule has 0 unspecified atom stereocenters. The minimum absolute atomic E-state index is 0.0498. The summed E-state index contributed by atoms with van der Waals surface area (Å²) in [5.74, 6) is 0.614. The molecule has 3 rings (SSSR count). The Labute approximate surface area is 155 Å². The van der Waals surface area contributed by atoms with E-state index in [1.165, 1.54) is 37.5 Å². The molecular weight excluding hydrogens is 382 g/mol. The van der Waals surface area contributed by atoms with Crippen LogP contribution in [0, 0.1) is 0 Å². The number of carbonyl (C=O) groups is 1. The van der Waals surface area contributed by atoms with Gasteiger partial charge in [-0.05, 0) is 48.0 Å². The quantitative estimate of drug-likeness (QED) is 0.782. The first-order chi connectivity index (χ1) is 12.4. The van der Waals surface area contributed by atoms with Crippen LogP contribution in [-0.2, 0) is 14.8 Å². The van der Waals surface area contributed by atoms with E-state index in [0.29, 0.717) is 27.8 Å². The van der Waals surface area contributed by atoms with Gasteiger partial charge in [0.05, 0.1) is 17.0 Å². The molecule has 7 nitrogen and oxygen atoms in total. The molecule has 1 aliphatic heterocycles. The van der Waals surface area contributed by atoms with Crippen LogP contribution in [0.5, 0.6) is 17.2 Å². The smallest absolute Gasteiger partial charge is 0.264 e. The largest absolute Gasteiger partial charge is 0.497 e. The van der Waals surface area contributed by atoms with Gasteiger partial charge in [0.1, 0.15) is 5.75 Å². The van der Waals surface area contributed by atoms with Gasteiger partial charge in [-0.2, -0.15) is 0 Å². The van der Waals surface area contributed by atoms with Gasteiger partial charge >= 0.3 is 0 Å². The highest BCUT2D eigenvalue weighted by molar-refractivity contribution is 7.90. The molecule has 2 aromatic rings. The van der Waals surface area contributed by atoms with Gasteiger partial charge in [-0.3, -0.25) is 4.79 Å². The molecule has 1 aliphatic rings. The standard InChI is InChI=1S/C17H14ClNO6S/c1-23-12-3-5-13(6-4-12)26(21,22)19-16(20)7-2-11-8-14(18)17-15(9-11)24-10-25-17/h2-9H,10H2,1H3,(H,19,20). The Kier molecular flexibility index (Phi) is 5.06. The number of hydrogen-bond acceptors (Lipinski definition) is 6. The van der Waals surface area contributed by atoms with Crippen LogP contribution in [-0.4, -0.2) is 28.2 Å². The SMILES string of the molecule is COc1ccc(S(=O)(=O)NC(=O)C=Cc2cc(Cl)c3c(c2)OCO3)cc1. The van der Waals surface area contributed by atoms with E-state index in [9.17, 15) is 13.2 Å². The number of rotatable bonds is 5. The predicted molar refractivity (Wildman–Crippen MR) is 94.9 cm³/mol. The maximum atomic E-state index is 12.2. The number of amides is 1. The molecule has 1 heterocycles. The van der Waals surface area contributed by atoms with E-state index in [4.69, 9.17) is 25.8 Å². The third-order valence-electron chi connectivity index (χ3n) is 3.48. The summed E-state index contributed by atoms with van der Waals surface area (Å²) in [7, 11) is -2.51. The van der Waals surface area contributed by atoms with E-state index < -0.39 is 15.9 Å². The van der Waals surface area contributed by atoms with Crippen molar-refractivity contribution in [3.63, 3.8) is 0 Å². The Bertz CT molecular complexity index is 969. The van der Waals surface area contributed by atoms with Crippen molar-refractivity contribution in [2.75, 3.05) is 13.9 Å². The molecule has 0 aliphatic carbocycles. The first-order valence-electron chi connectivity index (χ1n) is 7.37. The first kappa shape index (κ1) is 18.1. The number of benzene rings is 2. The van der Waals surface area contributed by atoms with E-state index in [0.717, 1.165) is 6.08 Å². The van der Waals surface area contributed by atoms with Gasteiger partial charge < -0.3 is 14.2 Å². The molecular formula is C17H14ClNO6S. The van der Waals surface area contributed by atoms with Gasteiger partial charge in [0.15, 0.2) is 11.5 Å². The van der Waals surface area contributed by atoms with Crippen molar-refractivity contribution in [1.82, 2.24) is 4.72 Å². The number of nitrogens with one attached hydrogen (secondary N) is 1. The summed E-state index contributed by atoms with van der Waals surface area (Å²) in [5.41, 5.74) is 0.566. The molecule has 0 radical (unpaired) electrons. The molecule has 0 saturated carbocycles. The summed E-state index contributed by atoms with van der Waals surface area (Å²) in [4.78, 5) is 11.9. The molecule has 1 N–H and O–H groups in total. The van der Waals surface area contributed by atoms with Crippen molar-refractivity contribution < 1.29 is 27.4 Å². The van der Waals surface area contributed by atoms with Crippen molar-refractivity contribution in [1.29, 1.82) is 0 Å². The predicted octanol–water partition coefficient (Wildman–Crippen LogP) is 2.60. The fraction of sp³-hybridized carbons (Fsp3) is 0.118. The Morgan fingerprint density at radius 1 is 1.23 bits per heavy atom. The molecule has 2 aromatic carbocycles. The Balaban J connectivity index is 1.71. The van der Waals surface area contributed by atoms with Crippen LogP contribution in [0.2, 0.25) is 5.02 Å². The highest BCUT2D eigenvalue weighted by atomic mass is 35.5. The number of methoxy groups -OCH3 is 1. The third kappa shape index (κ3) is 3.92. The van der Waals surface area contributed by atoms with Gasteiger partial charge in [-0.25, -0.2) is 13.1 Å². The normalized spacial score (nSPS) is 13.0. The van der Waals surface area contributed by atoms with Crippen LogP contribution in [0.4, 0.5) is 0 Å². The highest BCUT2D eigenvalue weighted by Gasteiger charge is 2.18. The number of hydrogen-bond donors (Lipinski definition) is 1.